The third-order valence-corrected chi connectivity index (χ3v) is 8.38. The number of hydrogen-bond acceptors (Lipinski definition) is 7. The number of rotatable bonds is 8. The summed E-state index contributed by atoms with van der Waals surface area (Å²) in [5, 5.41) is 0.741. The Kier molecular flexibility index (Phi) is 8.18. The number of nitrogens with zero attached hydrogens (tertiary/aromatic N) is 3. The van der Waals surface area contributed by atoms with Crippen molar-refractivity contribution < 1.29 is 22.7 Å². The predicted octanol–water partition coefficient (Wildman–Crippen LogP) is 4.40. The second-order valence-corrected chi connectivity index (χ2v) is 11.3. The summed E-state index contributed by atoms with van der Waals surface area (Å²) in [6.07, 6.45) is 2.42. The maximum absolute atomic E-state index is 13.3. The minimum atomic E-state index is -3.87. The third-order valence-electron chi connectivity index (χ3n) is 6.96. The molecular formula is C30H32N4O5S. The third kappa shape index (κ3) is 6.19. The fraction of sp³-hybridized carbons (Fsp3) is 0.267. The minimum Gasteiger partial charge on any atom is -0.497 e. The van der Waals surface area contributed by atoms with Crippen LogP contribution in [0.3, 0.4) is 0 Å². The molecule has 2 heterocycles. The molecule has 0 bridgehead atoms. The molecule has 1 N–H and O–H groups in total. The normalized spacial score (nSPS) is 14.5. The van der Waals surface area contributed by atoms with E-state index in [9.17, 15) is 13.2 Å². The van der Waals surface area contributed by atoms with Crippen LogP contribution in [0.25, 0.3) is 10.9 Å². The van der Waals surface area contributed by atoms with Crippen LogP contribution in [0.15, 0.2) is 83.9 Å². The van der Waals surface area contributed by atoms with Crippen molar-refractivity contribution >= 4 is 32.5 Å². The van der Waals surface area contributed by atoms with Gasteiger partial charge in [0.15, 0.2) is 0 Å². The quantitative estimate of drug-likeness (QED) is 0.341. The maximum Gasteiger partial charge on any atom is 0.264 e. The molecule has 1 saturated heterocycles. The van der Waals surface area contributed by atoms with Crippen molar-refractivity contribution in [1.82, 2.24) is 14.8 Å². The first kappa shape index (κ1) is 27.4. The lowest BCUT2D eigenvalue weighted by molar-refractivity contribution is 0.0761. The topological polar surface area (TPSA) is 101 Å². The SMILES string of the molecule is COc1cc(CN2CCCN(C(=O)c3ccc(NS(=O)(=O)c4cccc5cccnc45)cc3)CC2)cc(OC)c1. The first-order chi connectivity index (χ1) is 19.4. The minimum absolute atomic E-state index is 0.0717. The number of methoxy groups -OCH3 is 2. The van der Waals surface area contributed by atoms with Crippen LogP contribution in [0.2, 0.25) is 0 Å². The summed E-state index contributed by atoms with van der Waals surface area (Å²) < 4.78 is 39.6. The lowest BCUT2D eigenvalue weighted by atomic mass is 10.2. The molecule has 9 nitrogen and oxygen atoms in total. The molecule has 0 unspecified atom stereocenters. The molecule has 208 valence electrons. The van der Waals surface area contributed by atoms with Crippen molar-refractivity contribution in [3.05, 3.63) is 90.1 Å². The number of para-hydroxylation sites is 1. The molecule has 3 aromatic carbocycles. The lowest BCUT2D eigenvalue weighted by Gasteiger charge is -2.22. The molecule has 0 atom stereocenters. The van der Waals surface area contributed by atoms with E-state index < -0.39 is 10.0 Å². The Morgan fingerprint density at radius 3 is 2.35 bits per heavy atom. The number of nitrogens with one attached hydrogen (secondary N) is 1. The molecule has 40 heavy (non-hydrogen) atoms. The molecule has 1 aliphatic rings. The molecule has 0 saturated carbocycles. The zero-order chi connectivity index (χ0) is 28.1. The molecule has 0 aliphatic carbocycles. The summed E-state index contributed by atoms with van der Waals surface area (Å²) >= 11 is 0. The second-order valence-electron chi connectivity index (χ2n) is 9.66. The maximum atomic E-state index is 13.3. The van der Waals surface area contributed by atoms with E-state index in [0.29, 0.717) is 29.9 Å². The number of pyridine rings is 1. The Morgan fingerprint density at radius 1 is 0.900 bits per heavy atom. The van der Waals surface area contributed by atoms with Crippen molar-refractivity contribution in [2.45, 2.75) is 17.9 Å². The first-order valence-corrected chi connectivity index (χ1v) is 14.5. The van der Waals surface area contributed by atoms with Crippen LogP contribution in [0.4, 0.5) is 5.69 Å². The van der Waals surface area contributed by atoms with Gasteiger partial charge in [-0.05, 0) is 60.5 Å². The monoisotopic (exact) mass is 560 g/mol. The Labute approximate surface area is 234 Å². The Morgan fingerprint density at radius 2 is 1.62 bits per heavy atom. The van der Waals surface area contributed by atoms with Crippen molar-refractivity contribution in [3.8, 4) is 11.5 Å². The highest BCUT2D eigenvalue weighted by Crippen LogP contribution is 2.25. The summed E-state index contributed by atoms with van der Waals surface area (Å²) in [6.45, 7) is 3.59. The fourth-order valence-electron chi connectivity index (χ4n) is 4.91. The van der Waals surface area contributed by atoms with Gasteiger partial charge in [0.05, 0.1) is 19.7 Å². The standard InChI is InChI=1S/C30H32N4O5S/c1-38-26-18-22(19-27(20-26)39-2)21-33-14-5-15-34(17-16-33)30(35)24-9-11-25(12-10-24)32-40(36,37)28-8-3-6-23-7-4-13-31-29(23)28/h3-4,6-13,18-20,32H,5,14-17,21H2,1-2H3. The molecule has 1 aromatic heterocycles. The van der Waals surface area contributed by atoms with Gasteiger partial charge < -0.3 is 14.4 Å². The highest BCUT2D eigenvalue weighted by atomic mass is 32.2. The Balaban J connectivity index is 1.22. The summed E-state index contributed by atoms with van der Waals surface area (Å²) in [5.74, 6) is 1.43. The van der Waals surface area contributed by atoms with E-state index in [4.69, 9.17) is 9.47 Å². The van der Waals surface area contributed by atoms with Gasteiger partial charge in [-0.25, -0.2) is 8.42 Å². The van der Waals surface area contributed by atoms with Gasteiger partial charge in [-0.15, -0.1) is 0 Å². The highest BCUT2D eigenvalue weighted by Gasteiger charge is 2.22. The van der Waals surface area contributed by atoms with Crippen molar-refractivity contribution in [2.75, 3.05) is 45.1 Å². The molecular weight excluding hydrogens is 528 g/mol. The van der Waals surface area contributed by atoms with E-state index in [-0.39, 0.29) is 10.8 Å². The van der Waals surface area contributed by atoms with E-state index in [1.807, 2.05) is 35.2 Å². The number of aromatic nitrogens is 1. The molecule has 10 heteroatoms. The van der Waals surface area contributed by atoms with Crippen LogP contribution in [-0.4, -0.2) is 69.5 Å². The summed E-state index contributed by atoms with van der Waals surface area (Å²) in [4.78, 5) is 21.8. The number of carbonyl (C=O) groups excluding carboxylic acids is 1. The first-order valence-electron chi connectivity index (χ1n) is 13.1. The van der Waals surface area contributed by atoms with Crippen LogP contribution in [0.5, 0.6) is 11.5 Å². The molecule has 1 aliphatic heterocycles. The van der Waals surface area contributed by atoms with E-state index in [1.165, 1.54) is 6.07 Å². The molecule has 1 amide bonds. The Hall–Kier alpha value is -4.15. The van der Waals surface area contributed by atoms with Crippen LogP contribution in [0, 0.1) is 0 Å². The number of hydrogen-bond donors (Lipinski definition) is 1. The second kappa shape index (κ2) is 11.9. The van der Waals surface area contributed by atoms with Gasteiger partial charge in [0.25, 0.3) is 15.9 Å². The van der Waals surface area contributed by atoms with Gasteiger partial charge in [-0.3, -0.25) is 19.4 Å². The van der Waals surface area contributed by atoms with E-state index in [2.05, 4.69) is 14.6 Å². The number of fused-ring (bicyclic) bond motifs is 1. The van der Waals surface area contributed by atoms with E-state index >= 15 is 0 Å². The van der Waals surface area contributed by atoms with Crippen LogP contribution >= 0.6 is 0 Å². The van der Waals surface area contributed by atoms with Crippen LogP contribution in [0.1, 0.15) is 22.3 Å². The van der Waals surface area contributed by atoms with E-state index in [1.54, 1.807) is 56.8 Å². The van der Waals surface area contributed by atoms with Gasteiger partial charge in [-0.2, -0.15) is 0 Å². The average Bonchev–Trinajstić information content (AvgIpc) is 3.22. The predicted molar refractivity (Wildman–Crippen MR) is 154 cm³/mol. The highest BCUT2D eigenvalue weighted by molar-refractivity contribution is 7.93. The number of sulfonamides is 1. The largest absolute Gasteiger partial charge is 0.497 e. The van der Waals surface area contributed by atoms with Gasteiger partial charge >= 0.3 is 0 Å². The smallest absolute Gasteiger partial charge is 0.264 e. The molecule has 0 spiro atoms. The molecule has 4 aromatic rings. The van der Waals surface area contributed by atoms with E-state index in [0.717, 1.165) is 48.5 Å². The zero-order valence-corrected chi connectivity index (χ0v) is 23.4. The van der Waals surface area contributed by atoms with Gasteiger partial charge in [0.2, 0.25) is 0 Å². The number of ether oxygens (including phenoxy) is 2. The summed E-state index contributed by atoms with van der Waals surface area (Å²) in [7, 11) is -0.595. The van der Waals surface area contributed by atoms with Crippen LogP contribution in [-0.2, 0) is 16.6 Å². The van der Waals surface area contributed by atoms with Gasteiger partial charge in [0.1, 0.15) is 16.4 Å². The summed E-state index contributed by atoms with van der Waals surface area (Å²) in [5.41, 5.74) is 2.39. The number of anilines is 1. The zero-order valence-electron chi connectivity index (χ0n) is 22.5. The van der Waals surface area contributed by atoms with Gasteiger partial charge in [-0.1, -0.05) is 18.2 Å². The fourth-order valence-corrected chi connectivity index (χ4v) is 6.15. The molecule has 0 radical (unpaired) electrons. The molecule has 5 rings (SSSR count). The van der Waals surface area contributed by atoms with Crippen molar-refractivity contribution in [3.63, 3.8) is 0 Å². The number of carbonyl (C=O) groups is 1. The Bertz CT molecular complexity index is 1580. The lowest BCUT2D eigenvalue weighted by Crippen LogP contribution is -2.35. The number of amides is 1. The molecule has 1 fully saturated rings. The van der Waals surface area contributed by atoms with Gasteiger partial charge in [0, 0.05) is 61.6 Å². The number of benzene rings is 3. The average molecular weight is 561 g/mol. The summed E-state index contributed by atoms with van der Waals surface area (Å²) in [6, 6.07) is 21.0. The van der Waals surface area contributed by atoms with Crippen molar-refractivity contribution in [2.24, 2.45) is 0 Å². The van der Waals surface area contributed by atoms with Crippen molar-refractivity contribution in [1.29, 1.82) is 0 Å². The van der Waals surface area contributed by atoms with Crippen LogP contribution < -0.4 is 14.2 Å².